The quantitative estimate of drug-likeness (QED) is 0.408. The van der Waals surface area contributed by atoms with Crippen LogP contribution in [0.25, 0.3) is 0 Å². The first kappa shape index (κ1) is 17.3. The molecular weight excluding hydrogens is 286 g/mol. The molecule has 0 fully saturated rings. The molecule has 118 valence electrons. The molecule has 8 heteroatoms. The molecule has 1 aromatic carbocycles. The van der Waals surface area contributed by atoms with Crippen LogP contribution >= 0.6 is 0 Å². The summed E-state index contributed by atoms with van der Waals surface area (Å²) in [6.07, 6.45) is -2.14. The fraction of sp³-hybridized carbons (Fsp3) is 0.538. The van der Waals surface area contributed by atoms with E-state index in [1.807, 2.05) is 0 Å². The fourth-order valence-electron chi connectivity index (χ4n) is 1.65. The number of hydrogen-bond donors (Lipinski definition) is 1. The number of nitro benzene ring substituents is 1. The molecule has 0 aliphatic carbocycles. The van der Waals surface area contributed by atoms with Crippen LogP contribution in [0.15, 0.2) is 18.2 Å². The molecule has 1 aromatic rings. The van der Waals surface area contributed by atoms with Gasteiger partial charge >= 0.3 is 0 Å². The van der Waals surface area contributed by atoms with Gasteiger partial charge in [-0.25, -0.2) is 8.78 Å². The van der Waals surface area contributed by atoms with E-state index in [0.29, 0.717) is 32.8 Å². The van der Waals surface area contributed by atoms with E-state index in [-0.39, 0.29) is 16.9 Å². The Morgan fingerprint density at radius 1 is 1.33 bits per heavy atom. The van der Waals surface area contributed by atoms with Crippen LogP contribution in [0.5, 0.6) is 0 Å². The molecule has 0 amide bonds. The van der Waals surface area contributed by atoms with E-state index in [1.54, 1.807) is 7.11 Å². The molecule has 0 saturated carbocycles. The van der Waals surface area contributed by atoms with Crippen LogP contribution < -0.4 is 5.32 Å². The Kier molecular flexibility index (Phi) is 7.55. The van der Waals surface area contributed by atoms with Crippen LogP contribution in [0.4, 0.5) is 20.2 Å². The third kappa shape index (κ3) is 6.01. The molecule has 0 bridgehead atoms. The van der Waals surface area contributed by atoms with E-state index in [0.717, 1.165) is 6.07 Å². The second kappa shape index (κ2) is 9.19. The molecule has 0 heterocycles. The average molecular weight is 304 g/mol. The molecule has 0 aliphatic heterocycles. The second-order valence-electron chi connectivity index (χ2n) is 4.21. The van der Waals surface area contributed by atoms with Crippen LogP contribution in [0.3, 0.4) is 0 Å². The maximum Gasteiger partial charge on any atom is 0.270 e. The van der Waals surface area contributed by atoms with E-state index < -0.39 is 11.3 Å². The predicted octanol–water partition coefficient (Wildman–Crippen LogP) is 3.00. The van der Waals surface area contributed by atoms with Crippen molar-refractivity contribution in [3.8, 4) is 0 Å². The molecule has 0 unspecified atom stereocenters. The smallest absolute Gasteiger partial charge is 0.270 e. The first-order chi connectivity index (χ1) is 10.1. The van der Waals surface area contributed by atoms with Gasteiger partial charge in [0.15, 0.2) is 0 Å². The summed E-state index contributed by atoms with van der Waals surface area (Å²) in [5.74, 6) is 0. The Labute approximate surface area is 121 Å². The number of nitrogens with one attached hydrogen (secondary N) is 1. The lowest BCUT2D eigenvalue weighted by atomic mass is 10.1. The zero-order chi connectivity index (χ0) is 15.7. The number of nitrogens with zero attached hydrogens (tertiary/aromatic N) is 1. The van der Waals surface area contributed by atoms with Gasteiger partial charge in [-0.2, -0.15) is 0 Å². The number of non-ortho nitro benzene ring substituents is 1. The summed E-state index contributed by atoms with van der Waals surface area (Å²) in [7, 11) is 1.57. The lowest BCUT2D eigenvalue weighted by Gasteiger charge is -2.11. The fourth-order valence-corrected chi connectivity index (χ4v) is 1.65. The van der Waals surface area contributed by atoms with Gasteiger partial charge in [0, 0.05) is 43.6 Å². The lowest BCUT2D eigenvalue weighted by molar-refractivity contribution is -0.385. The van der Waals surface area contributed by atoms with E-state index in [2.05, 4.69) is 5.32 Å². The molecule has 6 nitrogen and oxygen atoms in total. The lowest BCUT2D eigenvalue weighted by Crippen LogP contribution is -2.09. The van der Waals surface area contributed by atoms with Gasteiger partial charge in [0.1, 0.15) is 0 Å². The topological polar surface area (TPSA) is 73.6 Å². The van der Waals surface area contributed by atoms with Crippen molar-refractivity contribution in [3.05, 3.63) is 33.9 Å². The maximum absolute atomic E-state index is 12.9. The Morgan fingerprint density at radius 3 is 2.71 bits per heavy atom. The number of hydrogen-bond acceptors (Lipinski definition) is 5. The summed E-state index contributed by atoms with van der Waals surface area (Å²) in [5, 5.41) is 13.4. The molecule has 0 atom stereocenters. The molecule has 0 aromatic heterocycles. The van der Waals surface area contributed by atoms with Gasteiger partial charge in [0.05, 0.1) is 18.1 Å². The highest BCUT2D eigenvalue weighted by Crippen LogP contribution is 2.30. The first-order valence-corrected chi connectivity index (χ1v) is 6.43. The molecule has 0 radical (unpaired) electrons. The number of anilines is 1. The van der Waals surface area contributed by atoms with Gasteiger partial charge < -0.3 is 14.8 Å². The molecule has 21 heavy (non-hydrogen) atoms. The third-order valence-corrected chi connectivity index (χ3v) is 2.69. The minimum absolute atomic E-state index is 0.201. The van der Waals surface area contributed by atoms with Crippen molar-refractivity contribution in [2.45, 2.75) is 12.8 Å². The minimum atomic E-state index is -2.77. The molecule has 0 aliphatic rings. The van der Waals surface area contributed by atoms with Gasteiger partial charge in [0.2, 0.25) is 0 Å². The highest BCUT2D eigenvalue weighted by Gasteiger charge is 2.17. The Bertz CT molecular complexity index is 458. The predicted molar refractivity (Wildman–Crippen MR) is 73.9 cm³/mol. The standard InChI is InChI=1S/C13H18F2N2O4/c1-20-7-8-21-6-2-5-16-12-4-3-10(17(18)19)9-11(12)13(14)15/h3-4,9,13,16H,2,5-8H2,1H3. The maximum atomic E-state index is 12.9. The number of ether oxygens (including phenoxy) is 2. The summed E-state index contributed by atoms with van der Waals surface area (Å²) < 4.78 is 35.8. The second-order valence-corrected chi connectivity index (χ2v) is 4.21. The Morgan fingerprint density at radius 2 is 2.10 bits per heavy atom. The van der Waals surface area contributed by atoms with Crippen LogP contribution in [0.2, 0.25) is 0 Å². The normalized spacial score (nSPS) is 10.9. The van der Waals surface area contributed by atoms with E-state index in [9.17, 15) is 18.9 Å². The van der Waals surface area contributed by atoms with Gasteiger partial charge in [-0.15, -0.1) is 0 Å². The third-order valence-electron chi connectivity index (χ3n) is 2.69. The summed E-state index contributed by atoms with van der Waals surface area (Å²) >= 11 is 0. The SMILES string of the molecule is COCCOCCCNc1ccc([N+](=O)[O-])cc1C(F)F. The van der Waals surface area contributed by atoms with Crippen molar-refractivity contribution >= 4 is 11.4 Å². The average Bonchev–Trinajstić information content (AvgIpc) is 2.46. The van der Waals surface area contributed by atoms with E-state index in [4.69, 9.17) is 9.47 Å². The van der Waals surface area contributed by atoms with Crippen LogP contribution in [-0.4, -0.2) is 38.4 Å². The van der Waals surface area contributed by atoms with Crippen LogP contribution in [0, 0.1) is 10.1 Å². The first-order valence-electron chi connectivity index (χ1n) is 6.43. The van der Waals surface area contributed by atoms with Crippen molar-refractivity contribution in [2.24, 2.45) is 0 Å². The Balaban J connectivity index is 2.49. The number of halogens is 2. The monoisotopic (exact) mass is 304 g/mol. The summed E-state index contributed by atoms with van der Waals surface area (Å²) in [6.45, 7) is 1.90. The highest BCUT2D eigenvalue weighted by atomic mass is 19.3. The molecule has 0 spiro atoms. The van der Waals surface area contributed by atoms with Crippen molar-refractivity contribution in [1.82, 2.24) is 0 Å². The van der Waals surface area contributed by atoms with Crippen molar-refractivity contribution in [2.75, 3.05) is 38.8 Å². The zero-order valence-electron chi connectivity index (χ0n) is 11.7. The number of rotatable bonds is 10. The number of methoxy groups -OCH3 is 1. The van der Waals surface area contributed by atoms with Crippen LogP contribution in [-0.2, 0) is 9.47 Å². The number of alkyl halides is 2. The van der Waals surface area contributed by atoms with Gasteiger partial charge in [-0.1, -0.05) is 0 Å². The largest absolute Gasteiger partial charge is 0.385 e. The van der Waals surface area contributed by atoms with Crippen molar-refractivity contribution < 1.29 is 23.2 Å². The minimum Gasteiger partial charge on any atom is -0.385 e. The summed E-state index contributed by atoms with van der Waals surface area (Å²) in [5.41, 5.74) is -0.518. The molecular formula is C13H18F2N2O4. The van der Waals surface area contributed by atoms with Crippen molar-refractivity contribution in [3.63, 3.8) is 0 Å². The van der Waals surface area contributed by atoms with Gasteiger partial charge in [-0.3, -0.25) is 10.1 Å². The molecule has 1 N–H and O–H groups in total. The van der Waals surface area contributed by atoms with Gasteiger partial charge in [-0.05, 0) is 12.5 Å². The van der Waals surface area contributed by atoms with Crippen LogP contribution in [0.1, 0.15) is 18.4 Å². The molecule has 0 saturated heterocycles. The molecule has 1 rings (SSSR count). The number of benzene rings is 1. The Hall–Kier alpha value is -1.80. The summed E-state index contributed by atoms with van der Waals surface area (Å²) in [4.78, 5) is 9.89. The number of nitro groups is 1. The summed E-state index contributed by atoms with van der Waals surface area (Å²) in [6, 6.07) is 3.39. The zero-order valence-corrected chi connectivity index (χ0v) is 11.7. The van der Waals surface area contributed by atoms with E-state index in [1.165, 1.54) is 12.1 Å². The highest BCUT2D eigenvalue weighted by molar-refractivity contribution is 5.56. The van der Waals surface area contributed by atoms with E-state index >= 15 is 0 Å². The van der Waals surface area contributed by atoms with Crippen molar-refractivity contribution in [1.29, 1.82) is 0 Å². The van der Waals surface area contributed by atoms with Gasteiger partial charge in [0.25, 0.3) is 12.1 Å².